The van der Waals surface area contributed by atoms with Gasteiger partial charge in [0.1, 0.15) is 5.82 Å². The molecule has 2 N–H and O–H groups in total. The Morgan fingerprint density at radius 2 is 2.24 bits per heavy atom. The van der Waals surface area contributed by atoms with E-state index in [2.05, 4.69) is 9.97 Å². The van der Waals surface area contributed by atoms with Crippen molar-refractivity contribution in [1.29, 1.82) is 0 Å². The standard InChI is InChI=1S/C12H18N4O/c1-7(2)16-11(17)6-9(13)12(16)10-4-5-14-8(3)15-10/h4-5,7,9,12H,6,13H2,1-3H3. The SMILES string of the molecule is Cc1nccc(C2C(N)CC(=O)N2C(C)C)n1. The van der Waals surface area contributed by atoms with E-state index < -0.39 is 0 Å². The number of rotatable bonds is 2. The first-order chi connectivity index (χ1) is 8.00. The van der Waals surface area contributed by atoms with Gasteiger partial charge in [-0.25, -0.2) is 9.97 Å². The van der Waals surface area contributed by atoms with Crippen LogP contribution in [0.5, 0.6) is 0 Å². The van der Waals surface area contributed by atoms with Crippen LogP contribution in [-0.4, -0.2) is 32.9 Å². The molecule has 2 heterocycles. The molecule has 1 fully saturated rings. The highest BCUT2D eigenvalue weighted by Gasteiger charge is 2.40. The maximum atomic E-state index is 11.9. The van der Waals surface area contributed by atoms with Gasteiger partial charge in [0.2, 0.25) is 5.91 Å². The Morgan fingerprint density at radius 1 is 1.53 bits per heavy atom. The Balaban J connectivity index is 2.38. The number of aromatic nitrogens is 2. The number of hydrogen-bond donors (Lipinski definition) is 1. The van der Waals surface area contributed by atoms with Crippen LogP contribution in [0.4, 0.5) is 0 Å². The molecule has 2 rings (SSSR count). The fourth-order valence-electron chi connectivity index (χ4n) is 2.39. The van der Waals surface area contributed by atoms with Crippen LogP contribution in [0.2, 0.25) is 0 Å². The largest absolute Gasteiger partial charge is 0.330 e. The van der Waals surface area contributed by atoms with Crippen LogP contribution in [0.25, 0.3) is 0 Å². The summed E-state index contributed by atoms with van der Waals surface area (Å²) < 4.78 is 0. The molecule has 17 heavy (non-hydrogen) atoms. The summed E-state index contributed by atoms with van der Waals surface area (Å²) in [5.41, 5.74) is 6.89. The summed E-state index contributed by atoms with van der Waals surface area (Å²) >= 11 is 0. The Morgan fingerprint density at radius 3 is 2.82 bits per heavy atom. The second-order valence-corrected chi connectivity index (χ2v) is 4.74. The molecular formula is C12H18N4O. The number of carbonyl (C=O) groups excluding carboxylic acids is 1. The van der Waals surface area contributed by atoms with Gasteiger partial charge in [-0.2, -0.15) is 0 Å². The zero-order valence-electron chi connectivity index (χ0n) is 10.4. The minimum Gasteiger partial charge on any atom is -0.330 e. The first-order valence-corrected chi connectivity index (χ1v) is 5.87. The van der Waals surface area contributed by atoms with E-state index in [0.717, 1.165) is 5.69 Å². The maximum Gasteiger partial charge on any atom is 0.225 e. The molecule has 2 atom stereocenters. The molecule has 1 saturated heterocycles. The van der Waals surface area contributed by atoms with Crippen molar-refractivity contribution in [3.63, 3.8) is 0 Å². The van der Waals surface area contributed by atoms with Crippen LogP contribution in [0.3, 0.4) is 0 Å². The Kier molecular flexibility index (Phi) is 3.11. The van der Waals surface area contributed by atoms with E-state index in [0.29, 0.717) is 12.2 Å². The van der Waals surface area contributed by atoms with Gasteiger partial charge in [0.05, 0.1) is 11.7 Å². The second kappa shape index (κ2) is 4.41. The predicted octanol–water partition coefficient (Wildman–Crippen LogP) is 0.794. The van der Waals surface area contributed by atoms with Crippen LogP contribution in [0, 0.1) is 6.92 Å². The van der Waals surface area contributed by atoms with Gasteiger partial charge in [-0.1, -0.05) is 0 Å². The van der Waals surface area contributed by atoms with Gasteiger partial charge in [0, 0.05) is 24.7 Å². The second-order valence-electron chi connectivity index (χ2n) is 4.74. The number of hydrogen-bond acceptors (Lipinski definition) is 4. The molecule has 92 valence electrons. The van der Waals surface area contributed by atoms with Crippen LogP contribution < -0.4 is 5.73 Å². The monoisotopic (exact) mass is 234 g/mol. The maximum absolute atomic E-state index is 11.9. The minimum absolute atomic E-state index is 0.105. The molecular weight excluding hydrogens is 216 g/mol. The average molecular weight is 234 g/mol. The molecule has 1 aliphatic heterocycles. The highest BCUT2D eigenvalue weighted by molar-refractivity contribution is 5.80. The van der Waals surface area contributed by atoms with Crippen molar-refractivity contribution in [2.45, 2.75) is 45.3 Å². The van der Waals surface area contributed by atoms with Crippen LogP contribution in [0.1, 0.15) is 37.8 Å². The molecule has 1 aliphatic rings. The van der Waals surface area contributed by atoms with E-state index in [1.807, 2.05) is 31.7 Å². The van der Waals surface area contributed by atoms with Crippen molar-refractivity contribution in [1.82, 2.24) is 14.9 Å². The highest BCUT2D eigenvalue weighted by Crippen LogP contribution is 2.32. The van der Waals surface area contributed by atoms with E-state index >= 15 is 0 Å². The van der Waals surface area contributed by atoms with Gasteiger partial charge in [-0.3, -0.25) is 4.79 Å². The number of aryl methyl sites for hydroxylation is 1. The third kappa shape index (κ3) is 2.15. The molecule has 0 saturated carbocycles. The summed E-state index contributed by atoms with van der Waals surface area (Å²) in [6, 6.07) is 1.67. The van der Waals surface area contributed by atoms with Crippen molar-refractivity contribution >= 4 is 5.91 Å². The van der Waals surface area contributed by atoms with Crippen molar-refractivity contribution < 1.29 is 4.79 Å². The first kappa shape index (κ1) is 12.0. The van der Waals surface area contributed by atoms with E-state index in [9.17, 15) is 4.79 Å². The lowest BCUT2D eigenvalue weighted by atomic mass is 10.1. The minimum atomic E-state index is -0.181. The van der Waals surface area contributed by atoms with Crippen molar-refractivity contribution in [3.05, 3.63) is 23.8 Å². The quantitative estimate of drug-likeness (QED) is 0.821. The van der Waals surface area contributed by atoms with E-state index in [-0.39, 0.29) is 24.0 Å². The lowest BCUT2D eigenvalue weighted by Crippen LogP contribution is -2.38. The normalized spacial score (nSPS) is 24.8. The summed E-state index contributed by atoms with van der Waals surface area (Å²) in [5, 5.41) is 0. The zero-order valence-corrected chi connectivity index (χ0v) is 10.4. The van der Waals surface area contributed by atoms with Gasteiger partial charge in [0.15, 0.2) is 0 Å². The Labute approximate surface area is 101 Å². The first-order valence-electron chi connectivity index (χ1n) is 5.87. The lowest BCUT2D eigenvalue weighted by molar-refractivity contribution is -0.130. The van der Waals surface area contributed by atoms with Crippen LogP contribution >= 0.6 is 0 Å². The van der Waals surface area contributed by atoms with Gasteiger partial charge in [-0.05, 0) is 26.8 Å². The van der Waals surface area contributed by atoms with E-state index in [1.165, 1.54) is 0 Å². The number of amides is 1. The Hall–Kier alpha value is -1.49. The molecule has 5 heteroatoms. The van der Waals surface area contributed by atoms with Crippen molar-refractivity contribution in [2.24, 2.45) is 5.73 Å². The molecule has 0 aliphatic carbocycles. The van der Waals surface area contributed by atoms with Gasteiger partial charge < -0.3 is 10.6 Å². The van der Waals surface area contributed by atoms with Crippen molar-refractivity contribution in [2.75, 3.05) is 0 Å². The molecule has 1 aromatic heterocycles. The Bertz CT molecular complexity index is 432. The molecule has 5 nitrogen and oxygen atoms in total. The smallest absolute Gasteiger partial charge is 0.225 e. The number of nitrogens with two attached hydrogens (primary N) is 1. The highest BCUT2D eigenvalue weighted by atomic mass is 16.2. The van der Waals surface area contributed by atoms with Gasteiger partial charge in [0.25, 0.3) is 0 Å². The van der Waals surface area contributed by atoms with E-state index in [4.69, 9.17) is 5.73 Å². The lowest BCUT2D eigenvalue weighted by Gasteiger charge is -2.29. The summed E-state index contributed by atoms with van der Waals surface area (Å²) in [5.74, 6) is 0.812. The number of likely N-dealkylation sites (tertiary alicyclic amines) is 1. The molecule has 2 unspecified atom stereocenters. The molecule has 0 bridgehead atoms. The number of carbonyl (C=O) groups is 1. The average Bonchev–Trinajstić information content (AvgIpc) is 2.53. The molecule has 1 amide bonds. The van der Waals surface area contributed by atoms with E-state index in [1.54, 1.807) is 6.20 Å². The van der Waals surface area contributed by atoms with Crippen LogP contribution in [-0.2, 0) is 4.79 Å². The predicted molar refractivity (Wildman–Crippen MR) is 64.1 cm³/mol. The summed E-state index contributed by atoms with van der Waals surface area (Å²) in [6.45, 7) is 5.83. The zero-order chi connectivity index (χ0) is 12.6. The molecule has 1 aromatic rings. The molecule has 0 aromatic carbocycles. The summed E-state index contributed by atoms with van der Waals surface area (Å²) in [4.78, 5) is 22.2. The topological polar surface area (TPSA) is 72.1 Å². The third-order valence-corrected chi connectivity index (χ3v) is 3.06. The van der Waals surface area contributed by atoms with Crippen molar-refractivity contribution in [3.8, 4) is 0 Å². The molecule has 0 spiro atoms. The van der Waals surface area contributed by atoms with Gasteiger partial charge >= 0.3 is 0 Å². The van der Waals surface area contributed by atoms with Crippen LogP contribution in [0.15, 0.2) is 12.3 Å². The third-order valence-electron chi connectivity index (χ3n) is 3.06. The van der Waals surface area contributed by atoms with Gasteiger partial charge in [-0.15, -0.1) is 0 Å². The summed E-state index contributed by atoms with van der Waals surface area (Å²) in [7, 11) is 0. The fraction of sp³-hybridized carbons (Fsp3) is 0.583. The number of nitrogens with zero attached hydrogens (tertiary/aromatic N) is 3. The molecule has 0 radical (unpaired) electrons. The fourth-order valence-corrected chi connectivity index (χ4v) is 2.39. The summed E-state index contributed by atoms with van der Waals surface area (Å²) in [6.07, 6.45) is 2.11.